The van der Waals surface area contributed by atoms with Crippen LogP contribution in [0, 0.1) is 0 Å². The van der Waals surface area contributed by atoms with Crippen molar-refractivity contribution >= 4 is 63.1 Å². The molecule has 0 radical (unpaired) electrons. The largest absolute Gasteiger partial charge is 0.508 e. The summed E-state index contributed by atoms with van der Waals surface area (Å²) in [6, 6.07) is 13.9. The molecule has 1 aliphatic rings. The molecule has 0 fully saturated rings. The molecule has 0 bridgehead atoms. The maximum absolute atomic E-state index is 13.8. The second-order valence-corrected chi connectivity index (χ2v) is 9.34. The molecule has 0 saturated carbocycles. The van der Waals surface area contributed by atoms with Gasteiger partial charge in [-0.3, -0.25) is 14.5 Å². The maximum Gasteiger partial charge on any atom is 0.294 e. The van der Waals surface area contributed by atoms with Gasteiger partial charge in [0, 0.05) is 32.2 Å². The summed E-state index contributed by atoms with van der Waals surface area (Å²) < 4.78 is 11.1. The van der Waals surface area contributed by atoms with Gasteiger partial charge in [0.15, 0.2) is 22.9 Å². The van der Waals surface area contributed by atoms with Crippen molar-refractivity contribution in [3.05, 3.63) is 98.4 Å². The van der Waals surface area contributed by atoms with E-state index in [0.717, 1.165) is 0 Å². The Morgan fingerprint density at radius 3 is 2.33 bits per heavy atom. The van der Waals surface area contributed by atoms with Crippen LogP contribution in [0.1, 0.15) is 22.2 Å². The lowest BCUT2D eigenvalue weighted by Crippen LogP contribution is -2.31. The number of hydrogen-bond donors (Lipinski definition) is 2. The quantitative estimate of drug-likeness (QED) is 0.265. The summed E-state index contributed by atoms with van der Waals surface area (Å²) in [5.74, 6) is -2.27. The number of hydrogen-bond acceptors (Lipinski definition) is 6. The highest BCUT2D eigenvalue weighted by molar-refractivity contribution is 6.35. The normalized spacial score (nSPS) is 15.7. The molecule has 0 spiro atoms. The first kappa shape index (κ1) is 24.1. The summed E-state index contributed by atoms with van der Waals surface area (Å²) in [6.45, 7) is 0. The van der Waals surface area contributed by atoms with Gasteiger partial charge in [-0.1, -0.05) is 46.9 Å². The number of aliphatic hydroxyl groups is 1. The van der Waals surface area contributed by atoms with E-state index in [9.17, 15) is 19.8 Å². The van der Waals surface area contributed by atoms with E-state index in [2.05, 4.69) is 0 Å². The number of carbonyl (C=O) groups excluding carboxylic acids is 2. The molecule has 1 atom stereocenters. The van der Waals surface area contributed by atoms with Crippen molar-refractivity contribution < 1.29 is 29.0 Å². The van der Waals surface area contributed by atoms with Crippen molar-refractivity contribution in [2.45, 2.75) is 6.04 Å². The number of nitrogens with zero attached hydrogens (tertiary/aromatic N) is 1. The average Bonchev–Trinajstić information content (AvgIpc) is 3.36. The van der Waals surface area contributed by atoms with Gasteiger partial charge in [0.1, 0.15) is 5.75 Å². The zero-order chi connectivity index (χ0) is 25.7. The molecule has 7 nitrogen and oxygen atoms in total. The van der Waals surface area contributed by atoms with Gasteiger partial charge in [-0.2, -0.15) is 0 Å². The number of fused-ring (bicyclic) bond motifs is 1. The van der Waals surface area contributed by atoms with Crippen LogP contribution in [0.2, 0.25) is 15.1 Å². The Labute approximate surface area is 219 Å². The first-order valence-electron chi connectivity index (χ1n) is 10.5. The molecule has 1 aliphatic heterocycles. The van der Waals surface area contributed by atoms with Gasteiger partial charge in [-0.15, -0.1) is 0 Å². The number of anilines is 1. The lowest BCUT2D eigenvalue weighted by atomic mass is 9.94. The number of aromatic hydroxyl groups is 1. The predicted octanol–water partition coefficient (Wildman–Crippen LogP) is 6.89. The molecule has 4 aromatic rings. The summed E-state index contributed by atoms with van der Waals surface area (Å²) in [5.41, 5.74) is 0.648. The van der Waals surface area contributed by atoms with Gasteiger partial charge < -0.3 is 19.4 Å². The molecule has 1 aromatic heterocycles. The fourth-order valence-electron chi connectivity index (χ4n) is 4.27. The van der Waals surface area contributed by atoms with Crippen molar-refractivity contribution in [2.75, 3.05) is 12.0 Å². The van der Waals surface area contributed by atoms with E-state index >= 15 is 0 Å². The molecule has 2 heterocycles. The van der Waals surface area contributed by atoms with Crippen LogP contribution in [0.5, 0.6) is 11.5 Å². The minimum absolute atomic E-state index is 0.0923. The zero-order valence-corrected chi connectivity index (χ0v) is 20.7. The Bertz CT molecular complexity index is 1570. The van der Waals surface area contributed by atoms with Crippen LogP contribution in [0.25, 0.3) is 11.0 Å². The van der Waals surface area contributed by atoms with Crippen LogP contribution in [0.15, 0.2) is 76.4 Å². The first-order valence-corrected chi connectivity index (χ1v) is 11.6. The van der Waals surface area contributed by atoms with Gasteiger partial charge >= 0.3 is 0 Å². The van der Waals surface area contributed by atoms with Crippen molar-refractivity contribution in [1.82, 2.24) is 0 Å². The smallest absolute Gasteiger partial charge is 0.294 e. The Hall–Kier alpha value is -3.65. The third kappa shape index (κ3) is 4.05. The maximum atomic E-state index is 13.8. The number of ketones is 1. The van der Waals surface area contributed by atoms with E-state index in [-0.39, 0.29) is 38.4 Å². The molecule has 182 valence electrons. The van der Waals surface area contributed by atoms with Gasteiger partial charge in [0.2, 0.25) is 5.78 Å². The molecule has 1 unspecified atom stereocenters. The van der Waals surface area contributed by atoms with Crippen molar-refractivity contribution in [3.8, 4) is 11.5 Å². The summed E-state index contributed by atoms with van der Waals surface area (Å²) in [5, 5.41) is 22.4. The fraction of sp³-hybridized carbons (Fsp3) is 0.0769. The van der Waals surface area contributed by atoms with Crippen LogP contribution < -0.4 is 9.64 Å². The lowest BCUT2D eigenvalue weighted by molar-refractivity contribution is -0.117. The second kappa shape index (κ2) is 9.09. The van der Waals surface area contributed by atoms with Crippen LogP contribution in [-0.4, -0.2) is 29.0 Å². The monoisotopic (exact) mass is 543 g/mol. The van der Waals surface area contributed by atoms with Gasteiger partial charge in [0.05, 0.1) is 18.7 Å². The SMILES string of the molecule is COc1cc(Cl)cc2cc(C(=O)C3=C(O)C(=O)N(c4cc(Cl)cc(Cl)c4)C3c3cccc(O)c3)oc12. The zero-order valence-electron chi connectivity index (χ0n) is 18.5. The molecule has 3 aromatic carbocycles. The summed E-state index contributed by atoms with van der Waals surface area (Å²) in [7, 11) is 1.44. The highest BCUT2D eigenvalue weighted by Gasteiger charge is 2.45. The minimum Gasteiger partial charge on any atom is -0.508 e. The Balaban J connectivity index is 1.69. The highest BCUT2D eigenvalue weighted by Crippen LogP contribution is 2.44. The third-order valence-corrected chi connectivity index (χ3v) is 6.41. The molecule has 0 aliphatic carbocycles. The molecule has 1 amide bonds. The van der Waals surface area contributed by atoms with E-state index < -0.39 is 23.5 Å². The topological polar surface area (TPSA) is 100 Å². The number of phenols is 1. The van der Waals surface area contributed by atoms with Crippen molar-refractivity contribution in [3.63, 3.8) is 0 Å². The number of methoxy groups -OCH3 is 1. The number of carbonyl (C=O) groups is 2. The van der Waals surface area contributed by atoms with Crippen LogP contribution in [-0.2, 0) is 4.79 Å². The van der Waals surface area contributed by atoms with Crippen LogP contribution in [0.4, 0.5) is 5.69 Å². The number of furan rings is 1. The highest BCUT2D eigenvalue weighted by atomic mass is 35.5. The summed E-state index contributed by atoms with van der Waals surface area (Å²) >= 11 is 18.5. The van der Waals surface area contributed by atoms with Crippen molar-refractivity contribution in [1.29, 1.82) is 0 Å². The molecule has 10 heteroatoms. The van der Waals surface area contributed by atoms with E-state index in [0.29, 0.717) is 21.7 Å². The molecule has 5 rings (SSSR count). The number of halogens is 3. The number of phenolic OH excluding ortho intramolecular Hbond substituents is 1. The van der Waals surface area contributed by atoms with Crippen molar-refractivity contribution in [2.24, 2.45) is 0 Å². The van der Waals surface area contributed by atoms with E-state index in [1.807, 2.05) is 0 Å². The van der Waals surface area contributed by atoms with Gasteiger partial charge in [-0.25, -0.2) is 0 Å². The van der Waals surface area contributed by atoms with Crippen LogP contribution in [0.3, 0.4) is 0 Å². The first-order chi connectivity index (χ1) is 17.2. The van der Waals surface area contributed by atoms with Crippen LogP contribution >= 0.6 is 34.8 Å². The molecular formula is C26H16Cl3NO6. The standard InChI is InChI=1S/C26H16Cl3NO6/c1-35-20-11-14(27)5-13-7-19(36-25(13)20)23(32)21-22(12-3-2-4-18(31)6-12)30(26(34)24(21)33)17-9-15(28)8-16(29)10-17/h2-11,22,31,33H,1H3. The van der Waals surface area contributed by atoms with E-state index in [1.54, 1.807) is 18.2 Å². The summed E-state index contributed by atoms with van der Waals surface area (Å²) in [4.78, 5) is 28.3. The fourth-order valence-corrected chi connectivity index (χ4v) is 5.01. The number of benzene rings is 3. The van der Waals surface area contributed by atoms with Gasteiger partial charge in [0.25, 0.3) is 5.91 Å². The average molecular weight is 545 g/mol. The number of amides is 1. The summed E-state index contributed by atoms with van der Waals surface area (Å²) in [6.07, 6.45) is 0. The van der Waals surface area contributed by atoms with Gasteiger partial charge in [-0.05, 0) is 48.0 Å². The second-order valence-electron chi connectivity index (χ2n) is 8.03. The molecule has 2 N–H and O–H groups in total. The molecule has 36 heavy (non-hydrogen) atoms. The Morgan fingerprint density at radius 2 is 1.67 bits per heavy atom. The number of ether oxygens (including phenoxy) is 1. The van der Waals surface area contributed by atoms with E-state index in [1.165, 1.54) is 54.5 Å². The Morgan fingerprint density at radius 1 is 0.972 bits per heavy atom. The molecule has 0 saturated heterocycles. The molecular weight excluding hydrogens is 529 g/mol. The minimum atomic E-state index is -1.12. The predicted molar refractivity (Wildman–Crippen MR) is 137 cm³/mol. The Kier molecular flexibility index (Phi) is 6.08. The lowest BCUT2D eigenvalue weighted by Gasteiger charge is -2.27. The number of rotatable bonds is 5. The third-order valence-electron chi connectivity index (χ3n) is 5.75. The number of aliphatic hydroxyl groups excluding tert-OH is 1. The number of Topliss-reactive ketones (excluding diaryl/α,β-unsaturated/α-hetero) is 1. The van der Waals surface area contributed by atoms with E-state index in [4.69, 9.17) is 44.0 Å².